The molecule has 0 amide bonds. The Bertz CT molecular complexity index is 541. The number of carbonyl (C=O) groups is 1. The van der Waals surface area contributed by atoms with Crippen molar-refractivity contribution in [2.45, 2.75) is 12.8 Å². The highest BCUT2D eigenvalue weighted by atomic mass is 32.2. The van der Waals surface area contributed by atoms with Gasteiger partial charge in [0.1, 0.15) is 5.75 Å². The van der Waals surface area contributed by atoms with Crippen LogP contribution in [0.25, 0.3) is 0 Å². The minimum atomic E-state index is -3.46. The average molecular weight is 287 g/mol. The van der Waals surface area contributed by atoms with Crippen molar-refractivity contribution in [3.63, 3.8) is 0 Å². The Labute approximate surface area is 112 Å². The van der Waals surface area contributed by atoms with Gasteiger partial charge < -0.3 is 9.84 Å². The first-order chi connectivity index (χ1) is 8.84. The van der Waals surface area contributed by atoms with Crippen molar-refractivity contribution in [1.29, 1.82) is 0 Å². The number of carboxylic acid groups (broad SMARTS) is 1. The molecule has 19 heavy (non-hydrogen) atoms. The van der Waals surface area contributed by atoms with Gasteiger partial charge in [-0.25, -0.2) is 8.42 Å². The molecule has 0 radical (unpaired) electrons. The molecule has 0 bridgehead atoms. The molecule has 0 aliphatic carbocycles. The summed E-state index contributed by atoms with van der Waals surface area (Å²) in [6, 6.07) is 6.64. The SMILES string of the molecule is COc1cccc(N(CCCC(=O)O)S(C)(=O)=O)c1. The quantitative estimate of drug-likeness (QED) is 0.817. The topological polar surface area (TPSA) is 83.9 Å². The minimum absolute atomic E-state index is 0.0734. The Morgan fingerprint density at radius 1 is 1.42 bits per heavy atom. The van der Waals surface area contributed by atoms with Crippen molar-refractivity contribution < 1.29 is 23.1 Å². The van der Waals surface area contributed by atoms with Gasteiger partial charge in [-0.05, 0) is 18.6 Å². The summed E-state index contributed by atoms with van der Waals surface area (Å²) in [7, 11) is -1.96. The monoisotopic (exact) mass is 287 g/mol. The number of methoxy groups -OCH3 is 1. The normalized spacial score (nSPS) is 11.1. The van der Waals surface area contributed by atoms with Gasteiger partial charge >= 0.3 is 5.97 Å². The number of rotatable bonds is 7. The van der Waals surface area contributed by atoms with E-state index in [9.17, 15) is 13.2 Å². The molecule has 0 atom stereocenters. The van der Waals surface area contributed by atoms with E-state index in [1.807, 2.05) is 0 Å². The van der Waals surface area contributed by atoms with Gasteiger partial charge in [-0.2, -0.15) is 0 Å². The molecular weight excluding hydrogens is 270 g/mol. The molecule has 6 nitrogen and oxygen atoms in total. The van der Waals surface area contributed by atoms with Gasteiger partial charge in [-0.15, -0.1) is 0 Å². The zero-order valence-electron chi connectivity index (χ0n) is 10.9. The van der Waals surface area contributed by atoms with Crippen molar-refractivity contribution >= 4 is 21.7 Å². The van der Waals surface area contributed by atoms with Crippen LogP contribution in [0.15, 0.2) is 24.3 Å². The summed E-state index contributed by atoms with van der Waals surface area (Å²) in [5.41, 5.74) is 0.465. The van der Waals surface area contributed by atoms with Crippen LogP contribution in [0.1, 0.15) is 12.8 Å². The molecule has 1 aromatic carbocycles. The Morgan fingerprint density at radius 2 is 2.11 bits per heavy atom. The van der Waals surface area contributed by atoms with Crippen LogP contribution in [0, 0.1) is 0 Å². The number of aliphatic carboxylic acids is 1. The Hall–Kier alpha value is -1.76. The fraction of sp³-hybridized carbons (Fsp3) is 0.417. The van der Waals surface area contributed by atoms with Crippen LogP contribution in [0.4, 0.5) is 5.69 Å². The molecule has 0 spiro atoms. The van der Waals surface area contributed by atoms with Crippen molar-refractivity contribution in [2.75, 3.05) is 24.2 Å². The molecule has 7 heteroatoms. The lowest BCUT2D eigenvalue weighted by Gasteiger charge is -2.22. The molecule has 1 N–H and O–H groups in total. The Balaban J connectivity index is 2.93. The van der Waals surface area contributed by atoms with Crippen LogP contribution in [-0.2, 0) is 14.8 Å². The van der Waals surface area contributed by atoms with E-state index in [2.05, 4.69) is 0 Å². The van der Waals surface area contributed by atoms with Gasteiger partial charge in [0.15, 0.2) is 0 Å². The Morgan fingerprint density at radius 3 is 2.63 bits per heavy atom. The summed E-state index contributed by atoms with van der Waals surface area (Å²) in [6.45, 7) is 0.123. The largest absolute Gasteiger partial charge is 0.497 e. The summed E-state index contributed by atoms with van der Waals surface area (Å²) in [5.74, 6) is -0.400. The van der Waals surface area contributed by atoms with Gasteiger partial charge in [-0.3, -0.25) is 9.10 Å². The first kappa shape index (κ1) is 15.3. The van der Waals surface area contributed by atoms with Crippen molar-refractivity contribution in [2.24, 2.45) is 0 Å². The second-order valence-electron chi connectivity index (χ2n) is 4.03. The van der Waals surface area contributed by atoms with Gasteiger partial charge in [0.25, 0.3) is 0 Å². The van der Waals surface area contributed by atoms with E-state index in [-0.39, 0.29) is 19.4 Å². The Kier molecular flexibility index (Phi) is 5.17. The second-order valence-corrected chi connectivity index (χ2v) is 5.94. The van der Waals surface area contributed by atoms with E-state index in [1.165, 1.54) is 11.4 Å². The zero-order valence-corrected chi connectivity index (χ0v) is 11.7. The van der Waals surface area contributed by atoms with Crippen LogP contribution in [0.5, 0.6) is 5.75 Å². The first-order valence-corrected chi connectivity index (χ1v) is 7.53. The highest BCUT2D eigenvalue weighted by molar-refractivity contribution is 7.92. The molecule has 0 aromatic heterocycles. The molecule has 0 heterocycles. The van der Waals surface area contributed by atoms with Crippen LogP contribution in [0.3, 0.4) is 0 Å². The highest BCUT2D eigenvalue weighted by Gasteiger charge is 2.17. The predicted molar refractivity (Wildman–Crippen MR) is 72.1 cm³/mol. The minimum Gasteiger partial charge on any atom is -0.497 e. The maximum absolute atomic E-state index is 11.7. The summed E-state index contributed by atoms with van der Waals surface area (Å²) in [6.07, 6.45) is 1.27. The van der Waals surface area contributed by atoms with E-state index in [0.717, 1.165) is 6.26 Å². The summed E-state index contributed by atoms with van der Waals surface area (Å²) < 4.78 is 29.7. The van der Waals surface area contributed by atoms with E-state index in [0.29, 0.717) is 11.4 Å². The summed E-state index contributed by atoms with van der Waals surface area (Å²) in [5, 5.41) is 8.59. The van der Waals surface area contributed by atoms with Crippen molar-refractivity contribution in [3.8, 4) is 5.75 Å². The first-order valence-electron chi connectivity index (χ1n) is 5.68. The lowest BCUT2D eigenvalue weighted by atomic mass is 10.2. The number of benzene rings is 1. The van der Waals surface area contributed by atoms with Crippen LogP contribution < -0.4 is 9.04 Å². The lowest BCUT2D eigenvalue weighted by molar-refractivity contribution is -0.137. The predicted octanol–water partition coefficient (Wildman–Crippen LogP) is 1.33. The number of hydrogen-bond donors (Lipinski definition) is 1. The molecule has 0 saturated carbocycles. The maximum atomic E-state index is 11.7. The standard InChI is InChI=1S/C12H17NO5S/c1-18-11-6-3-5-10(9-11)13(19(2,16)17)8-4-7-12(14)15/h3,5-6,9H,4,7-8H2,1-2H3,(H,14,15). The van der Waals surface area contributed by atoms with Gasteiger partial charge in [0.05, 0.1) is 19.1 Å². The lowest BCUT2D eigenvalue weighted by Crippen LogP contribution is -2.31. The molecule has 106 valence electrons. The third kappa shape index (κ3) is 4.78. The van der Waals surface area contributed by atoms with Crippen LogP contribution in [-0.4, -0.2) is 39.4 Å². The molecule has 1 rings (SSSR count). The summed E-state index contributed by atoms with van der Waals surface area (Å²) >= 11 is 0. The number of carboxylic acids is 1. The molecule has 0 aliphatic rings. The number of ether oxygens (including phenoxy) is 1. The van der Waals surface area contributed by atoms with Crippen molar-refractivity contribution in [3.05, 3.63) is 24.3 Å². The third-order valence-electron chi connectivity index (χ3n) is 2.49. The number of hydrogen-bond acceptors (Lipinski definition) is 4. The summed E-state index contributed by atoms with van der Waals surface area (Å²) in [4.78, 5) is 10.5. The molecule has 0 saturated heterocycles. The van der Waals surface area contributed by atoms with Crippen LogP contribution >= 0.6 is 0 Å². The molecule has 0 unspecified atom stereocenters. The number of nitrogens with zero attached hydrogens (tertiary/aromatic N) is 1. The second kappa shape index (κ2) is 6.42. The fourth-order valence-electron chi connectivity index (χ4n) is 1.63. The van der Waals surface area contributed by atoms with Crippen LogP contribution in [0.2, 0.25) is 0 Å². The van der Waals surface area contributed by atoms with E-state index >= 15 is 0 Å². The fourth-order valence-corrected chi connectivity index (χ4v) is 2.58. The van der Waals surface area contributed by atoms with E-state index < -0.39 is 16.0 Å². The molecule has 0 fully saturated rings. The number of anilines is 1. The van der Waals surface area contributed by atoms with E-state index in [4.69, 9.17) is 9.84 Å². The molecular formula is C12H17NO5S. The van der Waals surface area contributed by atoms with Gasteiger partial charge in [0, 0.05) is 19.0 Å². The van der Waals surface area contributed by atoms with E-state index in [1.54, 1.807) is 24.3 Å². The van der Waals surface area contributed by atoms with Gasteiger partial charge in [0.2, 0.25) is 10.0 Å². The molecule has 1 aromatic rings. The smallest absolute Gasteiger partial charge is 0.303 e. The average Bonchev–Trinajstić information content (AvgIpc) is 2.33. The highest BCUT2D eigenvalue weighted by Crippen LogP contribution is 2.23. The van der Waals surface area contributed by atoms with Crippen molar-refractivity contribution in [1.82, 2.24) is 0 Å². The maximum Gasteiger partial charge on any atom is 0.303 e. The molecule has 0 aliphatic heterocycles. The zero-order chi connectivity index (χ0) is 14.5. The van der Waals surface area contributed by atoms with Gasteiger partial charge in [-0.1, -0.05) is 6.07 Å². The number of sulfonamides is 1. The third-order valence-corrected chi connectivity index (χ3v) is 3.69.